The van der Waals surface area contributed by atoms with Crippen LogP contribution in [0.2, 0.25) is 0 Å². The third-order valence-corrected chi connectivity index (χ3v) is 5.86. The first-order chi connectivity index (χ1) is 13.2. The second-order valence-electron chi connectivity index (χ2n) is 7.58. The van der Waals surface area contributed by atoms with Crippen LogP contribution < -0.4 is 10.6 Å². The van der Waals surface area contributed by atoms with Gasteiger partial charge in [0.15, 0.2) is 0 Å². The maximum absolute atomic E-state index is 12.8. The Balaban J connectivity index is 2.02. The molecular weight excluding hydrogens is 436 g/mol. The third-order valence-electron chi connectivity index (χ3n) is 4.26. The van der Waals surface area contributed by atoms with Crippen molar-refractivity contribution in [1.82, 2.24) is 10.6 Å². The molecule has 0 atom stereocenters. The summed E-state index contributed by atoms with van der Waals surface area (Å²) < 4.78 is 1.03. The predicted octanol–water partition coefficient (Wildman–Crippen LogP) is 4.77. The molecule has 0 saturated heterocycles. The average molecular weight is 463 g/mol. The van der Waals surface area contributed by atoms with Gasteiger partial charge < -0.3 is 10.6 Å². The Kier molecular flexibility index (Phi) is 8.13. The van der Waals surface area contributed by atoms with E-state index < -0.39 is 0 Å². The highest BCUT2D eigenvalue weighted by Crippen LogP contribution is 2.25. The maximum Gasteiger partial charge on any atom is 0.252 e. The molecule has 2 rings (SSSR count). The molecule has 0 aliphatic carbocycles. The summed E-state index contributed by atoms with van der Waals surface area (Å²) >= 11 is 4.83. The molecule has 2 aromatic rings. The van der Waals surface area contributed by atoms with Crippen molar-refractivity contribution in [1.29, 1.82) is 0 Å². The lowest BCUT2D eigenvalue weighted by molar-refractivity contribution is -0.119. The molecule has 0 aliphatic heterocycles. The van der Waals surface area contributed by atoms with Gasteiger partial charge in [0, 0.05) is 27.4 Å². The second kappa shape index (κ2) is 10.1. The summed E-state index contributed by atoms with van der Waals surface area (Å²) in [6.07, 6.45) is 0. The van der Waals surface area contributed by atoms with E-state index in [0.29, 0.717) is 12.1 Å². The van der Waals surface area contributed by atoms with Crippen LogP contribution in [0, 0.1) is 0 Å². The largest absolute Gasteiger partial charge is 0.353 e. The van der Waals surface area contributed by atoms with Crippen LogP contribution in [-0.2, 0) is 10.2 Å². The van der Waals surface area contributed by atoms with Gasteiger partial charge in [-0.1, -0.05) is 54.0 Å². The SMILES string of the molecule is CC(C)NC(=O)CSc1ccccc1C(=O)NCC(C)(C)c1ccc(Br)cc1. The average Bonchev–Trinajstić information content (AvgIpc) is 2.64. The van der Waals surface area contributed by atoms with E-state index in [0.717, 1.165) is 14.9 Å². The van der Waals surface area contributed by atoms with Crippen LogP contribution in [0.4, 0.5) is 0 Å². The Labute approximate surface area is 180 Å². The fourth-order valence-corrected chi connectivity index (χ4v) is 3.81. The van der Waals surface area contributed by atoms with E-state index in [4.69, 9.17) is 0 Å². The highest BCUT2D eigenvalue weighted by atomic mass is 79.9. The summed E-state index contributed by atoms with van der Waals surface area (Å²) in [4.78, 5) is 25.5. The van der Waals surface area contributed by atoms with Crippen LogP contribution in [0.1, 0.15) is 43.6 Å². The quantitative estimate of drug-likeness (QED) is 0.555. The fraction of sp³-hybridized carbons (Fsp3) is 0.364. The molecule has 0 radical (unpaired) electrons. The number of rotatable bonds is 8. The molecule has 28 heavy (non-hydrogen) atoms. The molecule has 0 saturated carbocycles. The molecule has 0 fully saturated rings. The molecule has 0 heterocycles. The molecule has 0 aliphatic rings. The van der Waals surface area contributed by atoms with Crippen LogP contribution >= 0.6 is 27.7 Å². The van der Waals surface area contributed by atoms with Crippen molar-refractivity contribution in [3.05, 3.63) is 64.1 Å². The molecule has 0 aromatic heterocycles. The first-order valence-corrected chi connectivity index (χ1v) is 11.0. The van der Waals surface area contributed by atoms with Crippen molar-refractivity contribution in [2.24, 2.45) is 0 Å². The molecule has 0 bridgehead atoms. The standard InChI is InChI=1S/C22H27BrN2O2S/c1-15(2)25-20(26)13-28-19-8-6-5-7-18(19)21(27)24-14-22(3,4)16-9-11-17(23)12-10-16/h5-12,15H,13-14H2,1-4H3,(H,24,27)(H,25,26). The fourth-order valence-electron chi connectivity index (χ4n) is 2.69. The van der Waals surface area contributed by atoms with E-state index in [1.54, 1.807) is 6.07 Å². The Hall–Kier alpha value is -1.79. The van der Waals surface area contributed by atoms with E-state index in [9.17, 15) is 9.59 Å². The maximum atomic E-state index is 12.8. The minimum absolute atomic E-state index is 0.0356. The summed E-state index contributed by atoms with van der Waals surface area (Å²) in [6.45, 7) is 8.58. The number of halogens is 1. The summed E-state index contributed by atoms with van der Waals surface area (Å²) in [7, 11) is 0. The molecule has 6 heteroatoms. The normalized spacial score (nSPS) is 11.4. The number of hydrogen-bond acceptors (Lipinski definition) is 3. The molecule has 0 unspecified atom stereocenters. The van der Waals surface area contributed by atoms with Crippen molar-refractivity contribution < 1.29 is 9.59 Å². The third kappa shape index (κ3) is 6.67. The molecule has 2 amide bonds. The number of amides is 2. The van der Waals surface area contributed by atoms with Gasteiger partial charge in [-0.2, -0.15) is 0 Å². The number of thioether (sulfide) groups is 1. The second-order valence-corrected chi connectivity index (χ2v) is 9.51. The minimum Gasteiger partial charge on any atom is -0.353 e. The van der Waals surface area contributed by atoms with E-state index in [2.05, 4.69) is 52.5 Å². The van der Waals surface area contributed by atoms with E-state index in [1.165, 1.54) is 11.8 Å². The highest BCUT2D eigenvalue weighted by molar-refractivity contribution is 9.10. The zero-order valence-corrected chi connectivity index (χ0v) is 19.1. The van der Waals surface area contributed by atoms with E-state index in [1.807, 2.05) is 44.2 Å². The lowest BCUT2D eigenvalue weighted by Crippen LogP contribution is -2.37. The van der Waals surface area contributed by atoms with E-state index in [-0.39, 0.29) is 29.0 Å². The van der Waals surface area contributed by atoms with Gasteiger partial charge >= 0.3 is 0 Å². The molecule has 2 aromatic carbocycles. The first kappa shape index (κ1) is 22.5. The van der Waals surface area contributed by atoms with Gasteiger partial charge in [0.05, 0.1) is 11.3 Å². The number of benzene rings is 2. The number of carbonyl (C=O) groups is 2. The molecule has 4 nitrogen and oxygen atoms in total. The molecule has 150 valence electrons. The highest BCUT2D eigenvalue weighted by Gasteiger charge is 2.22. The number of hydrogen-bond donors (Lipinski definition) is 2. The molecule has 0 spiro atoms. The Morgan fingerprint density at radius 3 is 2.36 bits per heavy atom. The Morgan fingerprint density at radius 2 is 1.71 bits per heavy atom. The predicted molar refractivity (Wildman–Crippen MR) is 120 cm³/mol. The monoisotopic (exact) mass is 462 g/mol. The van der Waals surface area contributed by atoms with Crippen molar-refractivity contribution in [3.63, 3.8) is 0 Å². The van der Waals surface area contributed by atoms with Crippen molar-refractivity contribution in [2.45, 2.75) is 44.0 Å². The lowest BCUT2D eigenvalue weighted by atomic mass is 9.84. The summed E-state index contributed by atoms with van der Waals surface area (Å²) in [5, 5.41) is 5.91. The Morgan fingerprint density at radius 1 is 1.07 bits per heavy atom. The Bertz CT molecular complexity index is 820. The van der Waals surface area contributed by atoms with Gasteiger partial charge in [0.25, 0.3) is 5.91 Å². The van der Waals surface area contributed by atoms with Crippen molar-refractivity contribution in [2.75, 3.05) is 12.3 Å². The number of carbonyl (C=O) groups excluding carboxylic acids is 2. The van der Waals surface area contributed by atoms with Gasteiger partial charge in [-0.3, -0.25) is 9.59 Å². The minimum atomic E-state index is -0.199. The van der Waals surface area contributed by atoms with Crippen molar-refractivity contribution >= 4 is 39.5 Å². The summed E-state index contributed by atoms with van der Waals surface area (Å²) in [6, 6.07) is 15.6. The summed E-state index contributed by atoms with van der Waals surface area (Å²) in [5.74, 6) is 0.122. The smallest absolute Gasteiger partial charge is 0.252 e. The van der Waals surface area contributed by atoms with Crippen LogP contribution in [-0.4, -0.2) is 30.2 Å². The number of nitrogens with one attached hydrogen (secondary N) is 2. The van der Waals surface area contributed by atoms with Gasteiger partial charge in [0.1, 0.15) is 0 Å². The van der Waals surface area contributed by atoms with E-state index >= 15 is 0 Å². The van der Waals surface area contributed by atoms with Gasteiger partial charge in [-0.05, 0) is 43.7 Å². The topological polar surface area (TPSA) is 58.2 Å². The zero-order chi connectivity index (χ0) is 20.7. The van der Waals surface area contributed by atoms with Crippen LogP contribution in [0.15, 0.2) is 57.9 Å². The molecule has 2 N–H and O–H groups in total. The van der Waals surface area contributed by atoms with Gasteiger partial charge in [0.2, 0.25) is 5.91 Å². The van der Waals surface area contributed by atoms with Gasteiger partial charge in [-0.25, -0.2) is 0 Å². The van der Waals surface area contributed by atoms with Crippen LogP contribution in [0.5, 0.6) is 0 Å². The van der Waals surface area contributed by atoms with Gasteiger partial charge in [-0.15, -0.1) is 11.8 Å². The molecular formula is C22H27BrN2O2S. The van der Waals surface area contributed by atoms with Crippen LogP contribution in [0.25, 0.3) is 0 Å². The lowest BCUT2D eigenvalue weighted by Gasteiger charge is -2.26. The summed E-state index contributed by atoms with van der Waals surface area (Å²) in [5.41, 5.74) is 1.55. The first-order valence-electron chi connectivity index (χ1n) is 9.24. The zero-order valence-electron chi connectivity index (χ0n) is 16.7. The van der Waals surface area contributed by atoms with Crippen LogP contribution in [0.3, 0.4) is 0 Å². The van der Waals surface area contributed by atoms with Crippen molar-refractivity contribution in [3.8, 4) is 0 Å².